The van der Waals surface area contributed by atoms with Crippen molar-refractivity contribution in [3.05, 3.63) is 53.7 Å². The summed E-state index contributed by atoms with van der Waals surface area (Å²) < 4.78 is 37.6. The second kappa shape index (κ2) is 11.1. The van der Waals surface area contributed by atoms with Crippen LogP contribution in [-0.2, 0) is 21.3 Å². The molecule has 0 bridgehead atoms. The lowest BCUT2D eigenvalue weighted by molar-refractivity contribution is -0.0666. The van der Waals surface area contributed by atoms with Crippen molar-refractivity contribution in [2.75, 3.05) is 26.3 Å². The van der Waals surface area contributed by atoms with Gasteiger partial charge in [-0.3, -0.25) is 4.79 Å². The van der Waals surface area contributed by atoms with Crippen LogP contribution in [0.4, 0.5) is 0 Å². The maximum absolute atomic E-state index is 13.9. The molecule has 1 spiro atoms. The minimum Gasteiger partial charge on any atom is -0.381 e. The van der Waals surface area contributed by atoms with E-state index in [9.17, 15) is 13.2 Å². The first-order chi connectivity index (χ1) is 20.0. The molecular weight excluding hydrogens is 546 g/mol. The molecular formula is C34H45N3O4S. The summed E-state index contributed by atoms with van der Waals surface area (Å²) in [6.45, 7) is 11.7. The van der Waals surface area contributed by atoms with Gasteiger partial charge in [-0.25, -0.2) is 13.1 Å². The average Bonchev–Trinajstić information content (AvgIpc) is 3.25. The average molecular weight is 592 g/mol. The predicted octanol–water partition coefficient (Wildman–Crippen LogP) is 6.53. The summed E-state index contributed by atoms with van der Waals surface area (Å²) >= 11 is 0. The van der Waals surface area contributed by atoms with E-state index in [1.165, 1.54) is 32.1 Å². The standard InChI is InChI=1S/C34H45N3O4S/c1-24-29(32(38)36-22-34(23-36)16-18-41-19-17-34)20-30(37(24)21-25-10-6-5-7-11-25)27-14-15-31(28-13-9-8-12-26(27)28)42(39,40)35-33(2,3)4/h8-9,12-15,20,25,35H,5-7,10-11,16-19,21-23H2,1-4H3. The summed E-state index contributed by atoms with van der Waals surface area (Å²) in [4.78, 5) is 16.2. The first-order valence-electron chi connectivity index (χ1n) is 15.6. The van der Waals surface area contributed by atoms with Gasteiger partial charge in [-0.1, -0.05) is 49.6 Å². The van der Waals surface area contributed by atoms with Gasteiger partial charge in [-0.2, -0.15) is 0 Å². The van der Waals surface area contributed by atoms with E-state index < -0.39 is 15.6 Å². The molecule has 1 saturated carbocycles. The maximum atomic E-state index is 13.9. The summed E-state index contributed by atoms with van der Waals surface area (Å²) in [5, 5.41) is 1.56. The lowest BCUT2D eigenvalue weighted by Gasteiger charge is -2.52. The number of benzene rings is 2. The molecule has 0 atom stereocenters. The van der Waals surface area contributed by atoms with Crippen LogP contribution in [0.25, 0.3) is 22.0 Å². The predicted molar refractivity (Wildman–Crippen MR) is 167 cm³/mol. The van der Waals surface area contributed by atoms with Crippen molar-refractivity contribution >= 4 is 26.7 Å². The minimum absolute atomic E-state index is 0.103. The molecule has 0 radical (unpaired) electrons. The molecule has 1 amide bonds. The van der Waals surface area contributed by atoms with Gasteiger partial charge >= 0.3 is 0 Å². The Bertz CT molecular complexity index is 1580. The highest BCUT2D eigenvalue weighted by atomic mass is 32.2. The van der Waals surface area contributed by atoms with Crippen LogP contribution in [0.3, 0.4) is 0 Å². The highest BCUT2D eigenvalue weighted by molar-refractivity contribution is 7.89. The number of hydrogen-bond donors (Lipinski definition) is 1. The van der Waals surface area contributed by atoms with E-state index in [-0.39, 0.29) is 16.2 Å². The Balaban J connectivity index is 1.42. The van der Waals surface area contributed by atoms with Crippen LogP contribution >= 0.6 is 0 Å². The molecule has 1 aliphatic carbocycles. The molecule has 1 aromatic heterocycles. The van der Waals surface area contributed by atoms with Crippen LogP contribution in [0.15, 0.2) is 47.4 Å². The molecule has 3 fully saturated rings. The molecule has 42 heavy (non-hydrogen) atoms. The maximum Gasteiger partial charge on any atom is 0.255 e. The molecule has 226 valence electrons. The molecule has 2 aliphatic heterocycles. The zero-order valence-electron chi connectivity index (χ0n) is 25.5. The highest BCUT2D eigenvalue weighted by Crippen LogP contribution is 2.42. The number of fused-ring (bicyclic) bond motifs is 1. The first-order valence-corrected chi connectivity index (χ1v) is 17.1. The lowest BCUT2D eigenvalue weighted by Crippen LogP contribution is -2.60. The Morgan fingerprint density at radius 1 is 1.00 bits per heavy atom. The van der Waals surface area contributed by atoms with Crippen LogP contribution in [0.2, 0.25) is 0 Å². The van der Waals surface area contributed by atoms with Gasteiger partial charge in [-0.05, 0) is 76.8 Å². The van der Waals surface area contributed by atoms with Crippen LogP contribution in [0.1, 0.15) is 81.8 Å². The van der Waals surface area contributed by atoms with Crippen LogP contribution in [0, 0.1) is 18.3 Å². The molecule has 2 aromatic carbocycles. The first kappa shape index (κ1) is 29.4. The normalized spacial score (nSPS) is 19.8. The third-order valence-electron chi connectivity index (χ3n) is 9.55. The third-order valence-corrected chi connectivity index (χ3v) is 11.4. The van der Waals surface area contributed by atoms with Crippen LogP contribution in [0.5, 0.6) is 0 Å². The van der Waals surface area contributed by atoms with E-state index in [2.05, 4.69) is 22.3 Å². The van der Waals surface area contributed by atoms with Crippen molar-refractivity contribution in [2.45, 2.75) is 89.6 Å². The van der Waals surface area contributed by atoms with Crippen molar-refractivity contribution in [3.63, 3.8) is 0 Å². The van der Waals surface area contributed by atoms with E-state index in [1.807, 2.05) is 56.0 Å². The second-order valence-electron chi connectivity index (χ2n) is 13.9. The van der Waals surface area contributed by atoms with Crippen molar-refractivity contribution in [3.8, 4) is 11.3 Å². The van der Waals surface area contributed by atoms with Crippen molar-refractivity contribution in [1.82, 2.24) is 14.2 Å². The number of ether oxygens (including phenoxy) is 1. The molecule has 3 heterocycles. The second-order valence-corrected chi connectivity index (χ2v) is 15.6. The van der Waals surface area contributed by atoms with Crippen molar-refractivity contribution < 1.29 is 17.9 Å². The van der Waals surface area contributed by atoms with Gasteiger partial charge in [0.25, 0.3) is 5.91 Å². The molecule has 3 aromatic rings. The fourth-order valence-electron chi connectivity index (χ4n) is 7.33. The highest BCUT2D eigenvalue weighted by Gasteiger charge is 2.46. The van der Waals surface area contributed by atoms with Crippen LogP contribution in [-0.4, -0.2) is 55.6 Å². The number of nitrogens with one attached hydrogen (secondary N) is 1. The number of nitrogens with zero attached hydrogens (tertiary/aromatic N) is 2. The Hall–Kier alpha value is -2.68. The number of likely N-dealkylation sites (tertiary alicyclic amines) is 1. The van der Waals surface area contributed by atoms with Crippen LogP contribution < -0.4 is 4.72 Å². The molecule has 7 nitrogen and oxygen atoms in total. The number of rotatable bonds is 6. The zero-order chi connectivity index (χ0) is 29.7. The van der Waals surface area contributed by atoms with Gasteiger partial charge in [0.2, 0.25) is 10.0 Å². The quantitative estimate of drug-likeness (QED) is 0.354. The largest absolute Gasteiger partial charge is 0.381 e. The van der Waals surface area contributed by atoms with E-state index >= 15 is 0 Å². The van der Waals surface area contributed by atoms with Gasteiger partial charge in [-0.15, -0.1) is 0 Å². The summed E-state index contributed by atoms with van der Waals surface area (Å²) in [6, 6.07) is 13.5. The van der Waals surface area contributed by atoms with E-state index in [0.717, 1.165) is 73.6 Å². The zero-order valence-corrected chi connectivity index (χ0v) is 26.4. The van der Waals surface area contributed by atoms with E-state index in [4.69, 9.17) is 4.74 Å². The summed E-state index contributed by atoms with van der Waals surface area (Å²) in [6.07, 6.45) is 8.25. The fraction of sp³-hybridized carbons (Fsp3) is 0.559. The molecule has 6 rings (SSSR count). The summed E-state index contributed by atoms with van der Waals surface area (Å²) in [5.41, 5.74) is 3.34. The fourth-order valence-corrected chi connectivity index (χ4v) is 8.96. The van der Waals surface area contributed by atoms with Crippen molar-refractivity contribution in [2.24, 2.45) is 11.3 Å². The smallest absolute Gasteiger partial charge is 0.255 e. The minimum atomic E-state index is -3.74. The number of carbonyl (C=O) groups is 1. The van der Waals surface area contributed by atoms with Gasteiger partial charge in [0.1, 0.15) is 0 Å². The van der Waals surface area contributed by atoms with Gasteiger partial charge < -0.3 is 14.2 Å². The van der Waals surface area contributed by atoms with Gasteiger partial charge in [0.15, 0.2) is 0 Å². The Labute approximate surface area is 250 Å². The van der Waals surface area contributed by atoms with E-state index in [1.54, 1.807) is 6.07 Å². The van der Waals surface area contributed by atoms with E-state index in [0.29, 0.717) is 11.3 Å². The Morgan fingerprint density at radius 2 is 1.67 bits per heavy atom. The topological polar surface area (TPSA) is 80.6 Å². The van der Waals surface area contributed by atoms with Gasteiger partial charge in [0.05, 0.1) is 10.5 Å². The Kier molecular flexibility index (Phi) is 7.77. The molecule has 3 aliphatic rings. The molecule has 1 N–H and O–H groups in total. The summed E-state index contributed by atoms with van der Waals surface area (Å²) in [5.74, 6) is 0.675. The molecule has 2 saturated heterocycles. The number of aromatic nitrogens is 1. The lowest BCUT2D eigenvalue weighted by atomic mass is 9.73. The summed E-state index contributed by atoms with van der Waals surface area (Å²) in [7, 11) is -3.74. The molecule has 8 heteroatoms. The number of amides is 1. The van der Waals surface area contributed by atoms with Gasteiger partial charge in [0, 0.05) is 66.1 Å². The number of sulfonamides is 1. The third kappa shape index (κ3) is 5.65. The number of carbonyl (C=O) groups excluding carboxylic acids is 1. The van der Waals surface area contributed by atoms with Crippen molar-refractivity contribution in [1.29, 1.82) is 0 Å². The molecule has 0 unspecified atom stereocenters. The monoisotopic (exact) mass is 591 g/mol. The number of hydrogen-bond acceptors (Lipinski definition) is 4. The SMILES string of the molecule is Cc1c(C(=O)N2CC3(CCOCC3)C2)cc(-c2ccc(S(=O)(=O)NC(C)(C)C)c3ccccc23)n1CC1CCCCC1. The Morgan fingerprint density at radius 3 is 2.33 bits per heavy atom.